The number of fused-ring (bicyclic) bond motifs is 1. The van der Waals surface area contributed by atoms with Crippen molar-refractivity contribution < 1.29 is 36.2 Å². The maximum atomic E-state index is 13.0. The van der Waals surface area contributed by atoms with Crippen molar-refractivity contribution >= 4 is 39.6 Å². The number of ether oxygens (including phenoxy) is 1. The predicted octanol–water partition coefficient (Wildman–Crippen LogP) is 6.28. The molecule has 0 amide bonds. The minimum Gasteiger partial charge on any atom is -0.493 e. The number of azo groups is 1. The highest BCUT2D eigenvalue weighted by Gasteiger charge is 2.32. The number of nitrogens with one attached hydrogen (secondary N) is 1. The van der Waals surface area contributed by atoms with Crippen LogP contribution in [0.5, 0.6) is 11.6 Å². The molecule has 0 unspecified atom stereocenters. The second-order valence-corrected chi connectivity index (χ2v) is 6.55. The van der Waals surface area contributed by atoms with Gasteiger partial charge in [-0.3, -0.25) is 0 Å². The Labute approximate surface area is 175 Å². The third kappa shape index (κ3) is 5.23. The molecule has 164 valence electrons. The highest BCUT2D eigenvalue weighted by molar-refractivity contribution is 7.80. The molecule has 6 nitrogen and oxygen atoms in total. The summed E-state index contributed by atoms with van der Waals surface area (Å²) in [6, 6.07) is 7.48. The van der Waals surface area contributed by atoms with Crippen molar-refractivity contribution in [3.05, 3.63) is 48.0 Å². The number of hydrogen-bond acceptors (Lipinski definition) is 4. The van der Waals surface area contributed by atoms with Crippen LogP contribution in [0.25, 0.3) is 10.9 Å². The quantitative estimate of drug-likeness (QED) is 0.273. The van der Waals surface area contributed by atoms with Gasteiger partial charge in [0.05, 0.1) is 11.1 Å². The van der Waals surface area contributed by atoms with E-state index in [4.69, 9.17) is 12.2 Å². The van der Waals surface area contributed by atoms with Gasteiger partial charge in [-0.15, -0.1) is 23.4 Å². The van der Waals surface area contributed by atoms with E-state index in [2.05, 4.69) is 20.3 Å². The van der Waals surface area contributed by atoms with Crippen molar-refractivity contribution in [3.8, 4) is 11.6 Å². The first-order valence-corrected chi connectivity index (χ1v) is 8.73. The third-order valence-corrected chi connectivity index (χ3v) is 4.23. The van der Waals surface area contributed by atoms with Gasteiger partial charge in [-0.25, -0.2) is 0 Å². The SMILES string of the molecule is Cn1c(O)c(N=NC(=S)Nc2ccc(OC(F)(F)F)cc2)c2cc(C(F)(F)F)ccc21. The number of thiocarbonyl (C=S) groups is 1. The van der Waals surface area contributed by atoms with Crippen molar-refractivity contribution in [1.82, 2.24) is 4.57 Å². The van der Waals surface area contributed by atoms with Crippen LogP contribution in [0.1, 0.15) is 5.56 Å². The lowest BCUT2D eigenvalue weighted by Crippen LogP contribution is -2.17. The zero-order valence-electron chi connectivity index (χ0n) is 15.4. The molecule has 1 heterocycles. The summed E-state index contributed by atoms with van der Waals surface area (Å²) in [7, 11) is 1.44. The molecule has 13 heteroatoms. The molecule has 0 saturated carbocycles. The third-order valence-electron chi connectivity index (χ3n) is 4.05. The Hall–Kier alpha value is -3.35. The summed E-state index contributed by atoms with van der Waals surface area (Å²) in [6.07, 6.45) is -9.42. The largest absolute Gasteiger partial charge is 0.573 e. The van der Waals surface area contributed by atoms with Gasteiger partial charge >= 0.3 is 12.5 Å². The fourth-order valence-electron chi connectivity index (χ4n) is 2.67. The van der Waals surface area contributed by atoms with E-state index < -0.39 is 29.7 Å². The van der Waals surface area contributed by atoms with Gasteiger partial charge < -0.3 is 19.7 Å². The minimum atomic E-state index is -4.83. The number of anilines is 1. The highest BCUT2D eigenvalue weighted by Crippen LogP contribution is 2.41. The first kappa shape index (κ1) is 22.3. The number of alkyl halides is 6. The number of aryl methyl sites for hydroxylation is 1. The highest BCUT2D eigenvalue weighted by atomic mass is 32.1. The molecule has 0 bridgehead atoms. The summed E-state index contributed by atoms with van der Waals surface area (Å²) in [5, 5.41) is 20.0. The zero-order valence-corrected chi connectivity index (χ0v) is 16.2. The van der Waals surface area contributed by atoms with Gasteiger partial charge in [-0.05, 0) is 54.7 Å². The molecule has 3 rings (SSSR count). The Morgan fingerprint density at radius 1 is 1.06 bits per heavy atom. The molecule has 0 spiro atoms. The van der Waals surface area contributed by atoms with Crippen LogP contribution in [0.4, 0.5) is 37.7 Å². The van der Waals surface area contributed by atoms with Crippen LogP contribution >= 0.6 is 12.2 Å². The number of benzene rings is 2. The van der Waals surface area contributed by atoms with E-state index in [1.54, 1.807) is 0 Å². The Kier molecular flexibility index (Phi) is 5.81. The van der Waals surface area contributed by atoms with Gasteiger partial charge in [-0.1, -0.05) is 0 Å². The van der Waals surface area contributed by atoms with Crippen molar-refractivity contribution in [2.75, 3.05) is 5.32 Å². The van der Waals surface area contributed by atoms with Crippen molar-refractivity contribution in [1.29, 1.82) is 0 Å². The molecule has 0 atom stereocenters. The summed E-state index contributed by atoms with van der Waals surface area (Å²) in [5.74, 6) is -0.860. The zero-order chi connectivity index (χ0) is 23.0. The number of aromatic nitrogens is 1. The maximum absolute atomic E-state index is 13.0. The van der Waals surface area contributed by atoms with E-state index in [0.717, 1.165) is 24.3 Å². The Bertz CT molecular complexity index is 1150. The summed E-state index contributed by atoms with van der Waals surface area (Å²) >= 11 is 4.96. The van der Waals surface area contributed by atoms with Gasteiger partial charge in [0.1, 0.15) is 5.75 Å². The molecule has 0 saturated heterocycles. The van der Waals surface area contributed by atoms with Gasteiger partial charge in [0.25, 0.3) is 0 Å². The van der Waals surface area contributed by atoms with E-state index in [1.165, 1.54) is 29.8 Å². The second kappa shape index (κ2) is 8.06. The van der Waals surface area contributed by atoms with Gasteiger partial charge in [0.15, 0.2) is 5.69 Å². The number of halogens is 6. The summed E-state index contributed by atoms with van der Waals surface area (Å²) in [5.41, 5.74) is -0.593. The normalized spacial score (nSPS) is 12.5. The minimum absolute atomic E-state index is 0.00928. The van der Waals surface area contributed by atoms with Crippen LogP contribution in [-0.4, -0.2) is 21.1 Å². The standard InChI is InChI=1S/C18H12F6N4O2S/c1-28-13-7-2-9(17(19,20)21)8-12(13)14(15(28)29)26-27-16(31)25-10-3-5-11(6-4-10)30-18(22,23)24/h2-8,29H,1H3,(H,25,31). The molecule has 0 aliphatic heterocycles. The molecule has 31 heavy (non-hydrogen) atoms. The molecule has 0 aliphatic carbocycles. The van der Waals surface area contributed by atoms with Crippen LogP contribution in [0.15, 0.2) is 52.7 Å². The van der Waals surface area contributed by atoms with Crippen molar-refractivity contribution in [3.63, 3.8) is 0 Å². The second-order valence-electron chi connectivity index (χ2n) is 6.16. The first-order chi connectivity index (χ1) is 14.3. The fraction of sp³-hybridized carbons (Fsp3) is 0.167. The predicted molar refractivity (Wildman–Crippen MR) is 103 cm³/mol. The average molecular weight is 462 g/mol. The number of hydrogen-bond donors (Lipinski definition) is 2. The fourth-order valence-corrected chi connectivity index (χ4v) is 2.83. The molecule has 2 N–H and O–H groups in total. The van der Waals surface area contributed by atoms with E-state index in [-0.39, 0.29) is 21.9 Å². The van der Waals surface area contributed by atoms with Gasteiger partial charge in [0.2, 0.25) is 11.0 Å². The van der Waals surface area contributed by atoms with E-state index in [9.17, 15) is 31.4 Å². The topological polar surface area (TPSA) is 71.1 Å². The Morgan fingerprint density at radius 3 is 2.29 bits per heavy atom. The maximum Gasteiger partial charge on any atom is 0.573 e. The molecule has 0 fully saturated rings. The number of rotatable bonds is 3. The summed E-state index contributed by atoms with van der Waals surface area (Å²) in [4.78, 5) is 0. The molecular formula is C18H12F6N4O2S. The smallest absolute Gasteiger partial charge is 0.493 e. The van der Waals surface area contributed by atoms with Gasteiger partial charge in [-0.2, -0.15) is 13.2 Å². The molecule has 3 aromatic rings. The molecule has 0 aliphatic rings. The van der Waals surface area contributed by atoms with E-state index >= 15 is 0 Å². The lowest BCUT2D eigenvalue weighted by atomic mass is 10.1. The average Bonchev–Trinajstić information content (AvgIpc) is 2.90. The van der Waals surface area contributed by atoms with E-state index in [0.29, 0.717) is 5.52 Å². The van der Waals surface area contributed by atoms with Crippen molar-refractivity contribution in [2.24, 2.45) is 17.3 Å². The monoisotopic (exact) mass is 462 g/mol. The van der Waals surface area contributed by atoms with Crippen LogP contribution in [-0.2, 0) is 13.2 Å². The van der Waals surface area contributed by atoms with Gasteiger partial charge in [0, 0.05) is 18.1 Å². The number of nitrogens with zero attached hydrogens (tertiary/aromatic N) is 3. The number of aromatic hydroxyl groups is 1. The Morgan fingerprint density at radius 2 is 1.71 bits per heavy atom. The van der Waals surface area contributed by atoms with Crippen LogP contribution in [0.3, 0.4) is 0 Å². The molecule has 2 aromatic carbocycles. The Balaban J connectivity index is 1.81. The molecular weight excluding hydrogens is 450 g/mol. The summed E-state index contributed by atoms with van der Waals surface area (Å²) < 4.78 is 80.5. The lowest BCUT2D eigenvalue weighted by Gasteiger charge is -2.09. The molecule has 1 aromatic heterocycles. The summed E-state index contributed by atoms with van der Waals surface area (Å²) in [6.45, 7) is 0. The van der Waals surface area contributed by atoms with Crippen LogP contribution in [0, 0.1) is 0 Å². The lowest BCUT2D eigenvalue weighted by molar-refractivity contribution is -0.274. The van der Waals surface area contributed by atoms with E-state index in [1.807, 2.05) is 0 Å². The first-order valence-electron chi connectivity index (χ1n) is 8.32. The van der Waals surface area contributed by atoms with Crippen LogP contribution < -0.4 is 10.1 Å². The molecule has 0 radical (unpaired) electrons. The van der Waals surface area contributed by atoms with Crippen molar-refractivity contribution in [2.45, 2.75) is 12.5 Å². The van der Waals surface area contributed by atoms with Crippen LogP contribution in [0.2, 0.25) is 0 Å².